The van der Waals surface area contributed by atoms with Crippen LogP contribution < -0.4 is 11.1 Å². The van der Waals surface area contributed by atoms with E-state index in [2.05, 4.69) is 45.1 Å². The van der Waals surface area contributed by atoms with E-state index in [1.165, 1.54) is 11.1 Å². The van der Waals surface area contributed by atoms with Gasteiger partial charge in [0, 0.05) is 24.8 Å². The van der Waals surface area contributed by atoms with Crippen LogP contribution in [-0.2, 0) is 4.79 Å². The fourth-order valence-corrected chi connectivity index (χ4v) is 2.96. The lowest BCUT2D eigenvalue weighted by Crippen LogP contribution is -2.54. The molecule has 0 aliphatic carbocycles. The van der Waals surface area contributed by atoms with Gasteiger partial charge in [0.15, 0.2) is 0 Å². The van der Waals surface area contributed by atoms with Crippen LogP contribution in [0.2, 0.25) is 0 Å². The van der Waals surface area contributed by atoms with Gasteiger partial charge in [0.2, 0.25) is 5.91 Å². The minimum Gasteiger partial charge on any atom is -0.376 e. The number of carbonyl (C=O) groups excluding carboxylic acids is 1. The van der Waals surface area contributed by atoms with Crippen LogP contribution in [-0.4, -0.2) is 36.5 Å². The Bertz CT molecular complexity index is 514. The predicted molar refractivity (Wildman–Crippen MR) is 102 cm³/mol. The number of benzene rings is 1. The van der Waals surface area contributed by atoms with Crippen molar-refractivity contribution in [2.45, 2.75) is 40.2 Å². The number of halogens is 2. The lowest BCUT2D eigenvalue weighted by molar-refractivity contribution is -0.132. The second-order valence-corrected chi connectivity index (χ2v) is 6.82. The Morgan fingerprint density at radius 1 is 1.30 bits per heavy atom. The molecule has 23 heavy (non-hydrogen) atoms. The summed E-state index contributed by atoms with van der Waals surface area (Å²) in [7, 11) is 0. The van der Waals surface area contributed by atoms with Crippen molar-refractivity contribution in [2.75, 3.05) is 25.0 Å². The van der Waals surface area contributed by atoms with Gasteiger partial charge >= 0.3 is 0 Å². The Kier molecular flexibility index (Phi) is 8.39. The van der Waals surface area contributed by atoms with Crippen LogP contribution in [0.15, 0.2) is 18.2 Å². The highest BCUT2D eigenvalue weighted by Crippen LogP contribution is 2.27. The van der Waals surface area contributed by atoms with Crippen LogP contribution in [0, 0.1) is 19.3 Å². The zero-order chi connectivity index (χ0) is 15.6. The summed E-state index contributed by atoms with van der Waals surface area (Å²) in [5, 5.41) is 3.29. The second kappa shape index (κ2) is 8.76. The molecule has 6 heteroatoms. The van der Waals surface area contributed by atoms with Gasteiger partial charge in [0.05, 0.1) is 6.54 Å². The predicted octanol–water partition coefficient (Wildman–Crippen LogP) is 3.14. The number of aryl methyl sites for hydroxylation is 2. The molecule has 132 valence electrons. The molecule has 0 spiro atoms. The van der Waals surface area contributed by atoms with Gasteiger partial charge in [-0.2, -0.15) is 0 Å². The Morgan fingerprint density at radius 2 is 1.87 bits per heavy atom. The van der Waals surface area contributed by atoms with Crippen molar-refractivity contribution in [1.29, 1.82) is 0 Å². The van der Waals surface area contributed by atoms with E-state index < -0.39 is 0 Å². The quantitative estimate of drug-likeness (QED) is 0.869. The number of nitrogens with one attached hydrogen (secondary N) is 1. The molecule has 1 unspecified atom stereocenters. The number of carbonyl (C=O) groups is 1. The lowest BCUT2D eigenvalue weighted by Gasteiger charge is -2.42. The first-order valence-corrected chi connectivity index (χ1v) is 7.65. The largest absolute Gasteiger partial charge is 0.376 e. The lowest BCUT2D eigenvalue weighted by atomic mass is 9.79. The average Bonchev–Trinajstić information content (AvgIpc) is 2.41. The Labute approximate surface area is 152 Å². The molecule has 0 bridgehead atoms. The van der Waals surface area contributed by atoms with Gasteiger partial charge in [-0.25, -0.2) is 0 Å². The summed E-state index contributed by atoms with van der Waals surface area (Å²) < 4.78 is 0. The zero-order valence-corrected chi connectivity index (χ0v) is 16.0. The van der Waals surface area contributed by atoms with Gasteiger partial charge in [0.1, 0.15) is 0 Å². The maximum atomic E-state index is 12.4. The monoisotopic (exact) mass is 361 g/mol. The normalized spacial score (nSPS) is 19.3. The van der Waals surface area contributed by atoms with Crippen LogP contribution in [0.25, 0.3) is 0 Å². The summed E-state index contributed by atoms with van der Waals surface area (Å²) in [5.41, 5.74) is 9.53. The van der Waals surface area contributed by atoms with Crippen molar-refractivity contribution in [3.8, 4) is 0 Å². The molecular formula is C17H29Cl2N3O. The Hall–Kier alpha value is -0.970. The van der Waals surface area contributed by atoms with Crippen LogP contribution >= 0.6 is 24.8 Å². The van der Waals surface area contributed by atoms with Crippen molar-refractivity contribution in [3.05, 3.63) is 29.3 Å². The highest BCUT2D eigenvalue weighted by Gasteiger charge is 2.35. The molecule has 1 saturated heterocycles. The molecule has 3 N–H and O–H groups in total. The summed E-state index contributed by atoms with van der Waals surface area (Å²) >= 11 is 0. The molecule has 1 aromatic carbocycles. The Morgan fingerprint density at radius 3 is 2.39 bits per heavy atom. The molecular weight excluding hydrogens is 333 g/mol. The average molecular weight is 362 g/mol. The van der Waals surface area contributed by atoms with Gasteiger partial charge in [-0.15, -0.1) is 24.8 Å². The van der Waals surface area contributed by atoms with Crippen molar-refractivity contribution in [3.63, 3.8) is 0 Å². The van der Waals surface area contributed by atoms with E-state index in [0.29, 0.717) is 6.54 Å². The summed E-state index contributed by atoms with van der Waals surface area (Å²) in [5.74, 6) is 0.151. The van der Waals surface area contributed by atoms with Gasteiger partial charge in [-0.1, -0.05) is 32.0 Å². The van der Waals surface area contributed by atoms with Gasteiger partial charge < -0.3 is 16.0 Å². The van der Waals surface area contributed by atoms with Crippen molar-refractivity contribution >= 4 is 36.4 Å². The maximum absolute atomic E-state index is 12.4. The number of para-hydroxylation sites is 1. The van der Waals surface area contributed by atoms with E-state index in [9.17, 15) is 4.79 Å². The van der Waals surface area contributed by atoms with E-state index >= 15 is 0 Å². The van der Waals surface area contributed by atoms with Crippen molar-refractivity contribution in [1.82, 2.24) is 4.90 Å². The molecule has 1 atom stereocenters. The van der Waals surface area contributed by atoms with Gasteiger partial charge in [0.25, 0.3) is 0 Å². The first kappa shape index (κ1) is 22.0. The summed E-state index contributed by atoms with van der Waals surface area (Å²) in [6.45, 7) is 10.2. The molecule has 4 nitrogen and oxygen atoms in total. The Balaban J connectivity index is 0.00000242. The second-order valence-electron chi connectivity index (χ2n) is 6.82. The van der Waals surface area contributed by atoms with E-state index in [1.54, 1.807) is 0 Å². The number of nitrogens with zero attached hydrogens (tertiary/aromatic N) is 1. The fraction of sp³-hybridized carbons (Fsp3) is 0.588. The third-order valence-corrected chi connectivity index (χ3v) is 4.56. The SMILES string of the molecule is Cc1cccc(C)c1NCC(=O)N1CCC(N)C(C)(C)C1.Cl.Cl. The first-order valence-electron chi connectivity index (χ1n) is 7.65. The molecule has 2 rings (SSSR count). The molecule has 0 aromatic heterocycles. The smallest absolute Gasteiger partial charge is 0.241 e. The number of hydrogen-bond donors (Lipinski definition) is 2. The topological polar surface area (TPSA) is 58.4 Å². The molecule has 1 fully saturated rings. The van der Waals surface area contributed by atoms with Crippen molar-refractivity contribution < 1.29 is 4.79 Å². The van der Waals surface area contributed by atoms with Crippen LogP contribution in [0.4, 0.5) is 5.69 Å². The van der Waals surface area contributed by atoms with Crippen LogP contribution in [0.1, 0.15) is 31.4 Å². The van der Waals surface area contributed by atoms with Gasteiger partial charge in [-0.3, -0.25) is 4.79 Å². The molecule has 0 radical (unpaired) electrons. The molecule has 1 aliphatic heterocycles. The molecule has 1 aromatic rings. The van der Waals surface area contributed by atoms with E-state index in [0.717, 1.165) is 25.2 Å². The maximum Gasteiger partial charge on any atom is 0.241 e. The van der Waals surface area contributed by atoms with E-state index in [4.69, 9.17) is 5.73 Å². The van der Waals surface area contributed by atoms with Gasteiger partial charge in [-0.05, 0) is 36.8 Å². The number of anilines is 1. The zero-order valence-electron chi connectivity index (χ0n) is 14.4. The minimum absolute atomic E-state index is 0. The first-order chi connectivity index (χ1) is 9.81. The third kappa shape index (κ3) is 5.27. The van der Waals surface area contributed by atoms with Crippen LogP contribution in [0.3, 0.4) is 0 Å². The van der Waals surface area contributed by atoms with Crippen LogP contribution in [0.5, 0.6) is 0 Å². The number of amides is 1. The number of piperidine rings is 1. The molecule has 1 amide bonds. The van der Waals surface area contributed by atoms with Crippen molar-refractivity contribution in [2.24, 2.45) is 11.1 Å². The highest BCUT2D eigenvalue weighted by molar-refractivity contribution is 5.85. The number of likely N-dealkylation sites (tertiary alicyclic amines) is 1. The minimum atomic E-state index is -0.00745. The highest BCUT2D eigenvalue weighted by atomic mass is 35.5. The number of nitrogens with two attached hydrogens (primary N) is 1. The molecule has 0 saturated carbocycles. The summed E-state index contributed by atoms with van der Waals surface area (Å²) in [4.78, 5) is 14.3. The third-order valence-electron chi connectivity index (χ3n) is 4.56. The van der Waals surface area contributed by atoms with E-state index in [-0.39, 0.29) is 42.2 Å². The number of rotatable bonds is 3. The summed E-state index contributed by atoms with van der Waals surface area (Å²) in [6, 6.07) is 6.32. The fourth-order valence-electron chi connectivity index (χ4n) is 2.96. The molecule has 1 heterocycles. The number of hydrogen-bond acceptors (Lipinski definition) is 3. The molecule has 1 aliphatic rings. The summed E-state index contributed by atoms with van der Waals surface area (Å²) in [6.07, 6.45) is 0.877. The standard InChI is InChI=1S/C17H27N3O.2ClH/c1-12-6-5-7-13(2)16(12)19-10-15(21)20-9-8-14(18)17(3,4)11-20;;/h5-7,14,19H,8-11,18H2,1-4H3;2*1H. The van der Waals surface area contributed by atoms with E-state index in [1.807, 2.05) is 11.0 Å².